The van der Waals surface area contributed by atoms with E-state index >= 15 is 0 Å². The molecule has 1 saturated heterocycles. The van der Waals surface area contributed by atoms with Gasteiger partial charge in [0.05, 0.1) is 6.20 Å². The number of likely N-dealkylation sites (tertiary alicyclic amines) is 1. The number of hydrogen-bond acceptors (Lipinski definition) is 4. The molecule has 128 valence electrons. The molecule has 0 aliphatic carbocycles. The number of nitrogens with zero attached hydrogens (tertiary/aromatic N) is 2. The summed E-state index contributed by atoms with van der Waals surface area (Å²) in [5.74, 6) is 1.07. The van der Waals surface area contributed by atoms with Crippen molar-refractivity contribution < 1.29 is 9.21 Å². The van der Waals surface area contributed by atoms with E-state index in [2.05, 4.69) is 47.2 Å². The maximum absolute atomic E-state index is 11.6. The maximum atomic E-state index is 11.6. The zero-order chi connectivity index (χ0) is 17.1. The van der Waals surface area contributed by atoms with Gasteiger partial charge in [-0.15, -0.1) is 0 Å². The molecule has 0 atom stereocenters. The quantitative estimate of drug-likeness (QED) is 0.938. The lowest BCUT2D eigenvalue weighted by atomic mass is 9.96. The predicted molar refractivity (Wildman–Crippen MR) is 93.1 cm³/mol. The first-order valence-electron chi connectivity index (χ1n) is 8.53. The number of aryl methyl sites for hydroxylation is 2. The molecule has 0 radical (unpaired) electrons. The molecule has 0 saturated carbocycles. The van der Waals surface area contributed by atoms with Crippen LogP contribution in [-0.2, 0) is 6.54 Å². The fourth-order valence-corrected chi connectivity index (χ4v) is 3.31. The molecule has 2 heterocycles. The van der Waals surface area contributed by atoms with Crippen molar-refractivity contribution in [2.45, 2.75) is 39.2 Å². The molecule has 2 aromatic rings. The fourth-order valence-electron chi connectivity index (χ4n) is 3.31. The van der Waals surface area contributed by atoms with Crippen molar-refractivity contribution in [3.63, 3.8) is 0 Å². The fraction of sp³-hybridized carbons (Fsp3) is 0.474. The summed E-state index contributed by atoms with van der Waals surface area (Å²) >= 11 is 0. The monoisotopic (exact) mass is 327 g/mol. The lowest BCUT2D eigenvalue weighted by Crippen LogP contribution is -2.32. The first-order valence-corrected chi connectivity index (χ1v) is 8.53. The average molecular weight is 327 g/mol. The third-order valence-electron chi connectivity index (χ3n) is 4.80. The zero-order valence-corrected chi connectivity index (χ0v) is 14.6. The molecule has 1 N–H and O–H groups in total. The number of hydrogen-bond donors (Lipinski definition) is 1. The molecular weight excluding hydrogens is 302 g/mol. The number of amides is 1. The highest BCUT2D eigenvalue weighted by atomic mass is 16.4. The van der Waals surface area contributed by atoms with E-state index in [1.807, 2.05) is 0 Å². The second-order valence-electron chi connectivity index (χ2n) is 6.62. The molecule has 5 nitrogen and oxygen atoms in total. The topological polar surface area (TPSA) is 58.4 Å². The van der Waals surface area contributed by atoms with Crippen LogP contribution in [0.5, 0.6) is 0 Å². The van der Waals surface area contributed by atoms with Gasteiger partial charge in [0.15, 0.2) is 5.89 Å². The second-order valence-corrected chi connectivity index (χ2v) is 6.62. The summed E-state index contributed by atoms with van der Waals surface area (Å²) in [7, 11) is 1.59. The Morgan fingerprint density at radius 3 is 2.75 bits per heavy atom. The lowest BCUT2D eigenvalue weighted by Gasteiger charge is -2.31. The van der Waals surface area contributed by atoms with Gasteiger partial charge in [-0.25, -0.2) is 4.98 Å². The maximum Gasteiger partial charge on any atom is 0.288 e. The van der Waals surface area contributed by atoms with Gasteiger partial charge in [-0.3, -0.25) is 9.69 Å². The highest BCUT2D eigenvalue weighted by Gasteiger charge is 2.25. The van der Waals surface area contributed by atoms with Gasteiger partial charge < -0.3 is 9.73 Å². The third kappa shape index (κ3) is 3.67. The van der Waals surface area contributed by atoms with Gasteiger partial charge in [-0.05, 0) is 50.9 Å². The summed E-state index contributed by atoms with van der Waals surface area (Å²) in [6.07, 6.45) is 3.55. The van der Waals surface area contributed by atoms with E-state index in [4.69, 9.17) is 4.42 Å². The minimum absolute atomic E-state index is 0.221. The van der Waals surface area contributed by atoms with E-state index in [0.717, 1.165) is 32.5 Å². The molecule has 1 aliphatic heterocycles. The molecular formula is C19H25N3O2. The molecule has 1 aromatic heterocycles. The lowest BCUT2D eigenvalue weighted by molar-refractivity contribution is 0.0931. The van der Waals surface area contributed by atoms with Crippen LogP contribution in [0.15, 0.2) is 28.8 Å². The highest BCUT2D eigenvalue weighted by Crippen LogP contribution is 2.28. The Kier molecular flexibility index (Phi) is 5.00. The van der Waals surface area contributed by atoms with Crippen LogP contribution in [0.25, 0.3) is 0 Å². The summed E-state index contributed by atoms with van der Waals surface area (Å²) in [5.41, 5.74) is 4.07. The Morgan fingerprint density at radius 2 is 2.08 bits per heavy atom. The normalized spacial score (nSPS) is 16.3. The zero-order valence-electron chi connectivity index (χ0n) is 14.6. The van der Waals surface area contributed by atoms with Crippen LogP contribution in [0.4, 0.5) is 0 Å². The van der Waals surface area contributed by atoms with E-state index in [0.29, 0.717) is 17.6 Å². The van der Waals surface area contributed by atoms with Crippen LogP contribution < -0.4 is 5.32 Å². The number of piperidine rings is 1. The Hall–Kier alpha value is -2.14. The van der Waals surface area contributed by atoms with Crippen molar-refractivity contribution in [3.05, 3.63) is 52.7 Å². The molecule has 1 aliphatic rings. The molecule has 3 rings (SSSR count). The van der Waals surface area contributed by atoms with Gasteiger partial charge in [-0.2, -0.15) is 0 Å². The first-order chi connectivity index (χ1) is 11.6. The van der Waals surface area contributed by atoms with Crippen LogP contribution in [0, 0.1) is 13.8 Å². The standard InChI is InChI=1S/C19H25N3O2/c1-13-4-5-16(14(2)10-13)12-22-8-6-15(7-9-22)19-21-11-17(24-19)18(23)20-3/h4-5,10-11,15H,6-9,12H2,1-3H3,(H,20,23). The van der Waals surface area contributed by atoms with E-state index in [1.54, 1.807) is 7.05 Å². The minimum atomic E-state index is -0.221. The van der Waals surface area contributed by atoms with Gasteiger partial charge in [0.1, 0.15) is 0 Å². The van der Waals surface area contributed by atoms with E-state index < -0.39 is 0 Å². The smallest absolute Gasteiger partial charge is 0.288 e. The van der Waals surface area contributed by atoms with Gasteiger partial charge in [-0.1, -0.05) is 23.8 Å². The highest BCUT2D eigenvalue weighted by molar-refractivity contribution is 5.90. The summed E-state index contributed by atoms with van der Waals surface area (Å²) in [4.78, 5) is 18.3. The van der Waals surface area contributed by atoms with Crippen LogP contribution in [0.1, 0.15) is 51.9 Å². The largest absolute Gasteiger partial charge is 0.435 e. The molecule has 1 amide bonds. The Bertz CT molecular complexity index is 715. The number of oxazole rings is 1. The summed E-state index contributed by atoms with van der Waals surface area (Å²) < 4.78 is 5.62. The molecule has 0 bridgehead atoms. The number of nitrogens with one attached hydrogen (secondary N) is 1. The molecule has 0 unspecified atom stereocenters. The Labute approximate surface area is 143 Å². The van der Waals surface area contributed by atoms with Crippen molar-refractivity contribution >= 4 is 5.91 Å². The average Bonchev–Trinajstić information content (AvgIpc) is 3.07. The number of aromatic nitrogens is 1. The first kappa shape index (κ1) is 16.7. The number of rotatable bonds is 4. The van der Waals surface area contributed by atoms with Gasteiger partial charge >= 0.3 is 0 Å². The summed E-state index contributed by atoms with van der Waals surface area (Å²) in [5, 5.41) is 2.56. The minimum Gasteiger partial charge on any atom is -0.435 e. The summed E-state index contributed by atoms with van der Waals surface area (Å²) in [6, 6.07) is 6.66. The molecule has 1 aromatic carbocycles. The van der Waals surface area contributed by atoms with Crippen molar-refractivity contribution in [2.24, 2.45) is 0 Å². The number of benzene rings is 1. The van der Waals surface area contributed by atoms with Crippen LogP contribution in [0.2, 0.25) is 0 Å². The molecule has 1 fully saturated rings. The SMILES string of the molecule is CNC(=O)c1cnc(C2CCN(Cc3ccc(C)cc3C)CC2)o1. The van der Waals surface area contributed by atoms with Crippen molar-refractivity contribution in [1.29, 1.82) is 0 Å². The van der Waals surface area contributed by atoms with Crippen molar-refractivity contribution in [2.75, 3.05) is 20.1 Å². The van der Waals surface area contributed by atoms with Crippen LogP contribution >= 0.6 is 0 Å². The molecule has 24 heavy (non-hydrogen) atoms. The van der Waals surface area contributed by atoms with Gasteiger partial charge in [0.2, 0.25) is 5.76 Å². The molecule has 0 spiro atoms. The Balaban J connectivity index is 1.57. The predicted octanol–water partition coefficient (Wildman–Crippen LogP) is 3.03. The summed E-state index contributed by atoms with van der Waals surface area (Å²) in [6.45, 7) is 7.35. The molecule has 5 heteroatoms. The van der Waals surface area contributed by atoms with E-state index in [9.17, 15) is 4.79 Å². The van der Waals surface area contributed by atoms with Crippen LogP contribution in [-0.4, -0.2) is 35.9 Å². The van der Waals surface area contributed by atoms with E-state index in [-0.39, 0.29) is 5.91 Å². The van der Waals surface area contributed by atoms with Crippen LogP contribution in [0.3, 0.4) is 0 Å². The van der Waals surface area contributed by atoms with Crippen molar-refractivity contribution in [1.82, 2.24) is 15.2 Å². The number of carbonyl (C=O) groups is 1. The Morgan fingerprint density at radius 1 is 1.33 bits per heavy atom. The van der Waals surface area contributed by atoms with Gasteiger partial charge in [0, 0.05) is 19.5 Å². The third-order valence-corrected chi connectivity index (χ3v) is 4.80. The second kappa shape index (κ2) is 7.18. The van der Waals surface area contributed by atoms with Crippen molar-refractivity contribution in [3.8, 4) is 0 Å². The number of carbonyl (C=O) groups excluding carboxylic acids is 1. The van der Waals surface area contributed by atoms with E-state index in [1.165, 1.54) is 22.9 Å². The van der Waals surface area contributed by atoms with Gasteiger partial charge in [0.25, 0.3) is 5.91 Å².